The lowest BCUT2D eigenvalue weighted by atomic mass is 10.0. The van der Waals surface area contributed by atoms with Gasteiger partial charge in [-0.15, -0.1) is 0 Å². The Balaban J connectivity index is 2.88. The molecule has 17 heavy (non-hydrogen) atoms. The minimum atomic E-state index is -0.0225. The molecule has 0 radical (unpaired) electrons. The van der Waals surface area contributed by atoms with Gasteiger partial charge in [-0.1, -0.05) is 24.6 Å². The molecule has 1 atom stereocenters. The van der Waals surface area contributed by atoms with Crippen LogP contribution in [0.2, 0.25) is 0 Å². The monoisotopic (exact) mass is 234 g/mol. The summed E-state index contributed by atoms with van der Waals surface area (Å²) in [4.78, 5) is 13.9. The number of nitrogens with zero attached hydrogens (tertiary/aromatic N) is 1. The summed E-state index contributed by atoms with van der Waals surface area (Å²) in [6, 6.07) is 6.12. The summed E-state index contributed by atoms with van der Waals surface area (Å²) in [5.74, 6) is 0.105. The first-order valence-corrected chi connectivity index (χ1v) is 6.02. The molecule has 1 aromatic carbocycles. The number of benzene rings is 1. The summed E-state index contributed by atoms with van der Waals surface area (Å²) in [6.45, 7) is 6.55. The third kappa shape index (κ3) is 3.30. The molecule has 1 rings (SSSR count). The fourth-order valence-electron chi connectivity index (χ4n) is 2.00. The van der Waals surface area contributed by atoms with E-state index >= 15 is 0 Å². The molecular formula is C14H22N2O. The summed E-state index contributed by atoms with van der Waals surface area (Å²) in [6.07, 6.45) is 0.730. The van der Waals surface area contributed by atoms with Gasteiger partial charge in [-0.2, -0.15) is 0 Å². The third-order valence-electron chi connectivity index (χ3n) is 3.07. The molecule has 1 aromatic rings. The largest absolute Gasteiger partial charge is 0.330 e. The standard InChI is InChI=1S/C14H22N2O/c1-10-5-6-13(12(3)9-10)16(4)14(17)11(2)7-8-15/h5-6,9,11H,7-8,15H2,1-4H3. The van der Waals surface area contributed by atoms with Crippen molar-refractivity contribution < 1.29 is 4.79 Å². The summed E-state index contributed by atoms with van der Waals surface area (Å²) in [5, 5.41) is 0. The normalized spacial score (nSPS) is 12.3. The third-order valence-corrected chi connectivity index (χ3v) is 3.07. The number of hydrogen-bond acceptors (Lipinski definition) is 2. The highest BCUT2D eigenvalue weighted by Gasteiger charge is 2.18. The Morgan fingerprint density at radius 2 is 2.06 bits per heavy atom. The second-order valence-electron chi connectivity index (χ2n) is 4.67. The molecule has 94 valence electrons. The van der Waals surface area contributed by atoms with Crippen molar-refractivity contribution in [3.05, 3.63) is 29.3 Å². The molecule has 2 N–H and O–H groups in total. The molecule has 0 fully saturated rings. The summed E-state index contributed by atoms with van der Waals surface area (Å²) < 4.78 is 0. The van der Waals surface area contributed by atoms with Crippen LogP contribution in [0.25, 0.3) is 0 Å². The lowest BCUT2D eigenvalue weighted by Gasteiger charge is -2.23. The number of aryl methyl sites for hydroxylation is 2. The first-order valence-electron chi connectivity index (χ1n) is 6.02. The average Bonchev–Trinajstić information content (AvgIpc) is 2.27. The molecule has 0 saturated carbocycles. The molecule has 1 unspecified atom stereocenters. The van der Waals surface area contributed by atoms with Gasteiger partial charge < -0.3 is 10.6 Å². The van der Waals surface area contributed by atoms with Gasteiger partial charge in [-0.25, -0.2) is 0 Å². The molecule has 1 amide bonds. The smallest absolute Gasteiger partial charge is 0.229 e. The molecule has 0 aliphatic rings. The van der Waals surface area contributed by atoms with Crippen molar-refractivity contribution in [3.8, 4) is 0 Å². The Labute approximate surface area is 104 Å². The van der Waals surface area contributed by atoms with Crippen LogP contribution in [-0.4, -0.2) is 19.5 Å². The van der Waals surface area contributed by atoms with Gasteiger partial charge >= 0.3 is 0 Å². The Hall–Kier alpha value is -1.35. The van der Waals surface area contributed by atoms with E-state index in [-0.39, 0.29) is 11.8 Å². The lowest BCUT2D eigenvalue weighted by Crippen LogP contribution is -2.33. The van der Waals surface area contributed by atoms with Gasteiger partial charge in [-0.05, 0) is 38.4 Å². The van der Waals surface area contributed by atoms with Crippen LogP contribution in [0.1, 0.15) is 24.5 Å². The van der Waals surface area contributed by atoms with E-state index in [1.807, 2.05) is 33.0 Å². The summed E-state index contributed by atoms with van der Waals surface area (Å²) in [7, 11) is 1.83. The SMILES string of the molecule is Cc1ccc(N(C)C(=O)C(C)CCN)c(C)c1. The number of amides is 1. The van der Waals surface area contributed by atoms with Crippen molar-refractivity contribution in [1.29, 1.82) is 0 Å². The molecule has 0 saturated heterocycles. The van der Waals surface area contributed by atoms with Crippen LogP contribution in [0.5, 0.6) is 0 Å². The second kappa shape index (κ2) is 5.82. The maximum atomic E-state index is 12.1. The van der Waals surface area contributed by atoms with Crippen LogP contribution < -0.4 is 10.6 Å². The minimum absolute atomic E-state index is 0.0225. The number of hydrogen-bond donors (Lipinski definition) is 1. The molecule has 3 nitrogen and oxygen atoms in total. The van der Waals surface area contributed by atoms with Gasteiger partial charge in [0.15, 0.2) is 0 Å². The van der Waals surface area contributed by atoms with Crippen molar-refractivity contribution in [3.63, 3.8) is 0 Å². The maximum Gasteiger partial charge on any atom is 0.229 e. The molecule has 0 spiro atoms. The van der Waals surface area contributed by atoms with Crippen molar-refractivity contribution >= 4 is 11.6 Å². The van der Waals surface area contributed by atoms with E-state index in [0.717, 1.165) is 17.7 Å². The van der Waals surface area contributed by atoms with Crippen LogP contribution in [-0.2, 0) is 4.79 Å². The average molecular weight is 234 g/mol. The quantitative estimate of drug-likeness (QED) is 0.868. The zero-order valence-electron chi connectivity index (χ0n) is 11.2. The second-order valence-corrected chi connectivity index (χ2v) is 4.67. The van der Waals surface area contributed by atoms with E-state index in [2.05, 4.69) is 13.0 Å². The van der Waals surface area contributed by atoms with Crippen LogP contribution in [0, 0.1) is 19.8 Å². The van der Waals surface area contributed by atoms with E-state index in [1.54, 1.807) is 4.90 Å². The predicted octanol–water partition coefficient (Wildman–Crippen LogP) is 2.25. The highest BCUT2D eigenvalue weighted by molar-refractivity contribution is 5.95. The molecule has 0 aliphatic heterocycles. The Bertz CT molecular complexity index is 401. The summed E-state index contributed by atoms with van der Waals surface area (Å²) >= 11 is 0. The maximum absolute atomic E-state index is 12.1. The zero-order chi connectivity index (χ0) is 13.0. The van der Waals surface area contributed by atoms with Crippen molar-refractivity contribution in [2.24, 2.45) is 11.7 Å². The van der Waals surface area contributed by atoms with Gasteiger partial charge in [0.2, 0.25) is 5.91 Å². The van der Waals surface area contributed by atoms with Gasteiger partial charge in [0.05, 0.1) is 0 Å². The fraction of sp³-hybridized carbons (Fsp3) is 0.500. The summed E-state index contributed by atoms with van der Waals surface area (Å²) in [5.41, 5.74) is 8.80. The highest BCUT2D eigenvalue weighted by atomic mass is 16.2. The number of carbonyl (C=O) groups is 1. The number of carbonyl (C=O) groups excluding carboxylic acids is 1. The Morgan fingerprint density at radius 3 is 2.59 bits per heavy atom. The zero-order valence-corrected chi connectivity index (χ0v) is 11.2. The number of anilines is 1. The number of nitrogens with two attached hydrogens (primary N) is 1. The minimum Gasteiger partial charge on any atom is -0.330 e. The highest BCUT2D eigenvalue weighted by Crippen LogP contribution is 2.21. The molecule has 3 heteroatoms. The van der Waals surface area contributed by atoms with Crippen LogP contribution in [0.3, 0.4) is 0 Å². The Kier molecular flexibility index (Phi) is 4.70. The molecule has 0 bridgehead atoms. The molecule has 0 heterocycles. The van der Waals surface area contributed by atoms with Crippen LogP contribution in [0.4, 0.5) is 5.69 Å². The van der Waals surface area contributed by atoms with Gasteiger partial charge in [0.25, 0.3) is 0 Å². The van der Waals surface area contributed by atoms with E-state index in [9.17, 15) is 4.79 Å². The van der Waals surface area contributed by atoms with Crippen molar-refractivity contribution in [1.82, 2.24) is 0 Å². The first kappa shape index (κ1) is 13.7. The lowest BCUT2D eigenvalue weighted by molar-refractivity contribution is -0.121. The predicted molar refractivity (Wildman–Crippen MR) is 72.2 cm³/mol. The Morgan fingerprint density at radius 1 is 1.41 bits per heavy atom. The first-order chi connectivity index (χ1) is 7.97. The fourth-order valence-corrected chi connectivity index (χ4v) is 2.00. The number of rotatable bonds is 4. The van der Waals surface area contributed by atoms with Crippen molar-refractivity contribution in [2.75, 3.05) is 18.5 Å². The molecular weight excluding hydrogens is 212 g/mol. The van der Waals surface area contributed by atoms with Crippen molar-refractivity contribution in [2.45, 2.75) is 27.2 Å². The van der Waals surface area contributed by atoms with E-state index in [0.29, 0.717) is 6.54 Å². The van der Waals surface area contributed by atoms with E-state index in [4.69, 9.17) is 5.73 Å². The van der Waals surface area contributed by atoms with E-state index in [1.165, 1.54) is 5.56 Å². The van der Waals surface area contributed by atoms with Gasteiger partial charge in [0, 0.05) is 18.7 Å². The van der Waals surface area contributed by atoms with Gasteiger partial charge in [-0.3, -0.25) is 4.79 Å². The molecule has 0 aromatic heterocycles. The van der Waals surface area contributed by atoms with E-state index < -0.39 is 0 Å². The molecule has 0 aliphatic carbocycles. The van der Waals surface area contributed by atoms with Crippen LogP contribution >= 0.6 is 0 Å². The van der Waals surface area contributed by atoms with Crippen LogP contribution in [0.15, 0.2) is 18.2 Å². The van der Waals surface area contributed by atoms with Gasteiger partial charge in [0.1, 0.15) is 0 Å². The topological polar surface area (TPSA) is 46.3 Å².